The second-order valence-electron chi connectivity index (χ2n) is 8.80. The zero-order valence-electron chi connectivity index (χ0n) is 16.9. The highest BCUT2D eigenvalue weighted by atomic mass is 16.6. The summed E-state index contributed by atoms with van der Waals surface area (Å²) in [5.41, 5.74) is 3.59. The van der Waals surface area contributed by atoms with Gasteiger partial charge in [-0.1, -0.05) is 0 Å². The van der Waals surface area contributed by atoms with Gasteiger partial charge in [-0.15, -0.1) is 0 Å². The first kappa shape index (κ1) is 19.0. The number of benzene rings is 1. The number of nitrogens with zero attached hydrogens (tertiary/aromatic N) is 2. The molecule has 1 amide bonds. The molecule has 1 aliphatic heterocycles. The monoisotopic (exact) mass is 384 g/mol. The number of hydrogen-bond acceptors (Lipinski definition) is 5. The molecule has 0 bridgehead atoms. The summed E-state index contributed by atoms with van der Waals surface area (Å²) in [6.45, 7) is 9.09. The molecule has 0 atom stereocenters. The van der Waals surface area contributed by atoms with Gasteiger partial charge in [-0.2, -0.15) is 0 Å². The molecular weight excluding hydrogens is 356 g/mol. The van der Waals surface area contributed by atoms with Crippen LogP contribution in [0.15, 0.2) is 27.4 Å². The van der Waals surface area contributed by atoms with Crippen LogP contribution in [0.2, 0.25) is 0 Å². The van der Waals surface area contributed by atoms with Gasteiger partial charge in [-0.05, 0) is 68.9 Å². The van der Waals surface area contributed by atoms with Gasteiger partial charge in [-0.3, -0.25) is 4.90 Å². The van der Waals surface area contributed by atoms with E-state index in [9.17, 15) is 9.59 Å². The van der Waals surface area contributed by atoms with Crippen LogP contribution in [0, 0.1) is 0 Å². The lowest BCUT2D eigenvalue weighted by molar-refractivity contribution is 0.0139. The van der Waals surface area contributed by atoms with Crippen molar-refractivity contribution in [1.29, 1.82) is 0 Å². The molecule has 6 heteroatoms. The summed E-state index contributed by atoms with van der Waals surface area (Å²) >= 11 is 0. The summed E-state index contributed by atoms with van der Waals surface area (Å²) in [4.78, 5) is 28.3. The van der Waals surface area contributed by atoms with E-state index in [1.165, 1.54) is 11.1 Å². The molecule has 2 heterocycles. The molecule has 6 nitrogen and oxygen atoms in total. The Kier molecular flexibility index (Phi) is 4.91. The standard InChI is InChI=1S/C22H28N2O4/c1-22(2,3)28-21(26)24-9-7-23(8-10-24)14-17-13-20(25)27-19-12-16-6-4-5-15(16)11-18(17)19/h11-13H,4-10,14H2,1-3H3. The molecule has 0 unspecified atom stereocenters. The molecule has 0 N–H and O–H groups in total. The molecular formula is C22H28N2O4. The Morgan fingerprint density at radius 2 is 1.75 bits per heavy atom. The van der Waals surface area contributed by atoms with Gasteiger partial charge in [0, 0.05) is 44.2 Å². The third kappa shape index (κ3) is 4.07. The van der Waals surface area contributed by atoms with Crippen LogP contribution in [0.4, 0.5) is 4.79 Å². The van der Waals surface area contributed by atoms with Crippen molar-refractivity contribution < 1.29 is 13.9 Å². The Morgan fingerprint density at radius 3 is 2.43 bits per heavy atom. The van der Waals surface area contributed by atoms with Crippen molar-refractivity contribution in [3.05, 3.63) is 45.3 Å². The van der Waals surface area contributed by atoms with E-state index in [4.69, 9.17) is 9.15 Å². The Hall–Kier alpha value is -2.34. The van der Waals surface area contributed by atoms with Crippen molar-refractivity contribution in [2.45, 2.75) is 52.2 Å². The third-order valence-electron chi connectivity index (χ3n) is 5.46. The highest BCUT2D eigenvalue weighted by Gasteiger charge is 2.26. The summed E-state index contributed by atoms with van der Waals surface area (Å²) in [6.07, 6.45) is 3.07. The van der Waals surface area contributed by atoms with Gasteiger partial charge in [0.15, 0.2) is 0 Å². The van der Waals surface area contributed by atoms with E-state index >= 15 is 0 Å². The summed E-state index contributed by atoms with van der Waals surface area (Å²) < 4.78 is 10.9. The highest BCUT2D eigenvalue weighted by Crippen LogP contribution is 2.29. The van der Waals surface area contributed by atoms with Gasteiger partial charge in [0.05, 0.1) is 0 Å². The second-order valence-corrected chi connectivity index (χ2v) is 8.80. The maximum atomic E-state index is 12.2. The van der Waals surface area contributed by atoms with E-state index in [0.717, 1.165) is 43.3 Å². The minimum Gasteiger partial charge on any atom is -0.444 e. The number of hydrogen-bond donors (Lipinski definition) is 0. The molecule has 1 aromatic heterocycles. The van der Waals surface area contributed by atoms with E-state index in [0.29, 0.717) is 25.2 Å². The topological polar surface area (TPSA) is 63.0 Å². The van der Waals surface area contributed by atoms with Crippen LogP contribution in [0.5, 0.6) is 0 Å². The van der Waals surface area contributed by atoms with Gasteiger partial charge >= 0.3 is 11.7 Å². The Morgan fingerprint density at radius 1 is 1.07 bits per heavy atom. The van der Waals surface area contributed by atoms with Crippen molar-refractivity contribution in [3.8, 4) is 0 Å². The summed E-state index contributed by atoms with van der Waals surface area (Å²) in [5, 5.41) is 1.04. The number of rotatable bonds is 2. The van der Waals surface area contributed by atoms with Gasteiger partial charge in [0.1, 0.15) is 11.2 Å². The fraction of sp³-hybridized carbons (Fsp3) is 0.545. The Labute approximate surface area is 165 Å². The van der Waals surface area contributed by atoms with Crippen molar-refractivity contribution in [2.24, 2.45) is 0 Å². The minimum atomic E-state index is -0.481. The number of ether oxygens (including phenoxy) is 1. The zero-order valence-corrected chi connectivity index (χ0v) is 16.9. The molecule has 2 aliphatic rings. The van der Waals surface area contributed by atoms with Gasteiger partial charge in [-0.25, -0.2) is 9.59 Å². The maximum absolute atomic E-state index is 12.2. The van der Waals surface area contributed by atoms with Crippen molar-refractivity contribution >= 4 is 17.1 Å². The molecule has 0 radical (unpaired) electrons. The number of fused-ring (bicyclic) bond motifs is 2. The van der Waals surface area contributed by atoms with Gasteiger partial charge in [0.2, 0.25) is 0 Å². The van der Waals surface area contributed by atoms with Crippen LogP contribution in [-0.4, -0.2) is 47.7 Å². The first-order chi connectivity index (χ1) is 13.3. The van der Waals surface area contributed by atoms with Crippen molar-refractivity contribution in [1.82, 2.24) is 9.80 Å². The summed E-state index contributed by atoms with van der Waals surface area (Å²) in [5.74, 6) is 0. The molecule has 0 saturated carbocycles. The van der Waals surface area contributed by atoms with Crippen molar-refractivity contribution in [2.75, 3.05) is 26.2 Å². The summed E-state index contributed by atoms with van der Waals surface area (Å²) in [7, 11) is 0. The molecule has 4 rings (SSSR count). The lowest BCUT2D eigenvalue weighted by Gasteiger charge is -2.35. The zero-order chi connectivity index (χ0) is 19.9. The first-order valence-corrected chi connectivity index (χ1v) is 10.1. The fourth-order valence-electron chi connectivity index (χ4n) is 4.08. The van der Waals surface area contributed by atoms with E-state index in [-0.39, 0.29) is 11.7 Å². The molecule has 1 fully saturated rings. The Balaban J connectivity index is 1.48. The highest BCUT2D eigenvalue weighted by molar-refractivity contribution is 5.82. The van der Waals surface area contributed by atoms with Crippen LogP contribution < -0.4 is 5.63 Å². The van der Waals surface area contributed by atoms with Crippen LogP contribution in [0.25, 0.3) is 11.0 Å². The van der Waals surface area contributed by atoms with E-state index in [1.807, 2.05) is 26.8 Å². The number of aryl methyl sites for hydroxylation is 2. The van der Waals surface area contributed by atoms with Crippen LogP contribution in [-0.2, 0) is 24.1 Å². The maximum Gasteiger partial charge on any atom is 0.410 e. The third-order valence-corrected chi connectivity index (χ3v) is 5.46. The smallest absolute Gasteiger partial charge is 0.410 e. The normalized spacial score (nSPS) is 17.8. The van der Waals surface area contributed by atoms with E-state index < -0.39 is 5.60 Å². The fourth-order valence-corrected chi connectivity index (χ4v) is 4.08. The minimum absolute atomic E-state index is 0.256. The molecule has 150 valence electrons. The molecule has 0 spiro atoms. The largest absolute Gasteiger partial charge is 0.444 e. The quantitative estimate of drug-likeness (QED) is 0.743. The molecule has 1 saturated heterocycles. The number of carbonyl (C=O) groups excluding carboxylic acids is 1. The number of amides is 1. The van der Waals surface area contributed by atoms with Gasteiger partial charge in [0.25, 0.3) is 0 Å². The van der Waals surface area contributed by atoms with Crippen molar-refractivity contribution in [3.63, 3.8) is 0 Å². The van der Waals surface area contributed by atoms with Crippen LogP contribution in [0.3, 0.4) is 0 Å². The molecule has 1 aliphatic carbocycles. The van der Waals surface area contributed by atoms with Crippen LogP contribution >= 0.6 is 0 Å². The lowest BCUT2D eigenvalue weighted by Crippen LogP contribution is -2.49. The lowest BCUT2D eigenvalue weighted by atomic mass is 10.0. The molecule has 1 aromatic carbocycles. The van der Waals surface area contributed by atoms with Crippen LogP contribution in [0.1, 0.15) is 43.9 Å². The molecule has 2 aromatic rings. The van der Waals surface area contributed by atoms with Gasteiger partial charge < -0.3 is 14.1 Å². The molecule has 28 heavy (non-hydrogen) atoms. The SMILES string of the molecule is CC(C)(C)OC(=O)N1CCN(Cc2cc(=O)oc3cc4c(cc23)CCC4)CC1. The summed E-state index contributed by atoms with van der Waals surface area (Å²) in [6, 6.07) is 5.86. The average molecular weight is 384 g/mol. The number of carbonyl (C=O) groups is 1. The Bertz CT molecular complexity index is 949. The average Bonchev–Trinajstić information content (AvgIpc) is 3.06. The predicted molar refractivity (Wildman–Crippen MR) is 108 cm³/mol. The predicted octanol–water partition coefficient (Wildman–Crippen LogP) is 3.33. The first-order valence-electron chi connectivity index (χ1n) is 10.1. The van der Waals surface area contributed by atoms with E-state index in [1.54, 1.807) is 11.0 Å². The second kappa shape index (κ2) is 7.24. The number of piperazine rings is 1. The van der Waals surface area contributed by atoms with E-state index in [2.05, 4.69) is 11.0 Å².